The number of carbonyl (C=O) groups is 2. The lowest BCUT2D eigenvalue weighted by atomic mass is 10.0. The molecule has 1 atom stereocenters. The molecule has 5 heteroatoms. The highest BCUT2D eigenvalue weighted by atomic mass is 16.5. The number of amides is 2. The minimum absolute atomic E-state index is 0.0227. The Morgan fingerprint density at radius 3 is 2.65 bits per heavy atom. The van der Waals surface area contributed by atoms with E-state index >= 15 is 0 Å². The van der Waals surface area contributed by atoms with E-state index in [0.29, 0.717) is 32.0 Å². The summed E-state index contributed by atoms with van der Waals surface area (Å²) in [5.41, 5.74) is 1.26. The van der Waals surface area contributed by atoms with E-state index in [0.717, 1.165) is 5.75 Å². The summed E-state index contributed by atoms with van der Waals surface area (Å²) < 4.78 is 5.65. The zero-order chi connectivity index (χ0) is 16.8. The molecule has 0 aromatic heterocycles. The molecule has 1 heterocycles. The Morgan fingerprint density at radius 2 is 2.04 bits per heavy atom. The predicted octanol–water partition coefficient (Wildman–Crippen LogP) is 2.32. The van der Waals surface area contributed by atoms with Crippen molar-refractivity contribution in [3.05, 3.63) is 29.8 Å². The number of carbonyl (C=O) groups excluding carboxylic acids is 2. The highest BCUT2D eigenvalue weighted by Crippen LogP contribution is 2.19. The average Bonchev–Trinajstić information content (AvgIpc) is 2.55. The van der Waals surface area contributed by atoms with Gasteiger partial charge in [0.05, 0.1) is 13.0 Å². The summed E-state index contributed by atoms with van der Waals surface area (Å²) in [4.78, 5) is 25.8. The van der Waals surface area contributed by atoms with E-state index < -0.39 is 0 Å². The van der Waals surface area contributed by atoms with Gasteiger partial charge in [-0.3, -0.25) is 9.59 Å². The van der Waals surface area contributed by atoms with Crippen molar-refractivity contribution in [1.82, 2.24) is 10.2 Å². The predicted molar refractivity (Wildman–Crippen MR) is 89.4 cm³/mol. The molecule has 2 amide bonds. The molecule has 23 heavy (non-hydrogen) atoms. The first-order valence-corrected chi connectivity index (χ1v) is 8.32. The lowest BCUT2D eigenvalue weighted by Crippen LogP contribution is -2.57. The number of rotatable bonds is 6. The molecule has 1 unspecified atom stereocenters. The summed E-state index contributed by atoms with van der Waals surface area (Å²) in [6.45, 7) is 7.64. The van der Waals surface area contributed by atoms with E-state index in [9.17, 15) is 9.59 Å². The maximum Gasteiger partial charge on any atom is 0.242 e. The van der Waals surface area contributed by atoms with Crippen LogP contribution in [0.4, 0.5) is 0 Å². The number of benzene rings is 1. The van der Waals surface area contributed by atoms with Gasteiger partial charge >= 0.3 is 0 Å². The van der Waals surface area contributed by atoms with Crippen molar-refractivity contribution in [3.8, 4) is 5.75 Å². The normalized spacial score (nSPS) is 18.0. The van der Waals surface area contributed by atoms with E-state index in [4.69, 9.17) is 4.74 Å². The van der Waals surface area contributed by atoms with Crippen molar-refractivity contribution >= 4 is 11.8 Å². The number of nitrogens with zero attached hydrogens (tertiary/aromatic N) is 1. The van der Waals surface area contributed by atoms with Crippen LogP contribution >= 0.6 is 0 Å². The molecule has 2 rings (SSSR count). The second-order valence-corrected chi connectivity index (χ2v) is 6.12. The molecule has 1 aromatic carbocycles. The first-order chi connectivity index (χ1) is 11.0. The molecule has 0 aliphatic carbocycles. The zero-order valence-electron chi connectivity index (χ0n) is 14.2. The van der Waals surface area contributed by atoms with Crippen LogP contribution in [0.25, 0.3) is 0 Å². The Bertz CT molecular complexity index is 540. The lowest BCUT2D eigenvalue weighted by molar-refractivity contribution is -0.143. The number of hydrogen-bond acceptors (Lipinski definition) is 3. The first-order valence-electron chi connectivity index (χ1n) is 8.32. The Hall–Kier alpha value is -2.04. The van der Waals surface area contributed by atoms with Crippen molar-refractivity contribution in [2.75, 3.05) is 19.7 Å². The molecule has 0 radical (unpaired) electrons. The van der Waals surface area contributed by atoms with Crippen LogP contribution in [0.5, 0.6) is 5.75 Å². The van der Waals surface area contributed by atoms with Crippen molar-refractivity contribution in [3.63, 3.8) is 0 Å². The lowest BCUT2D eigenvalue weighted by Gasteiger charge is -2.34. The summed E-state index contributed by atoms with van der Waals surface area (Å²) in [5.74, 6) is 1.18. The largest absolute Gasteiger partial charge is 0.493 e. The van der Waals surface area contributed by atoms with Gasteiger partial charge < -0.3 is 15.0 Å². The van der Waals surface area contributed by atoms with Gasteiger partial charge in [-0.1, -0.05) is 32.9 Å². The van der Waals surface area contributed by atoms with Gasteiger partial charge in [0.2, 0.25) is 11.8 Å². The smallest absolute Gasteiger partial charge is 0.242 e. The third-order valence-electron chi connectivity index (χ3n) is 4.17. The molecular weight excluding hydrogens is 292 g/mol. The molecule has 126 valence electrons. The average molecular weight is 318 g/mol. The molecule has 0 saturated carbocycles. The molecular formula is C18H26N2O3. The summed E-state index contributed by atoms with van der Waals surface area (Å²) >= 11 is 0. The number of nitrogens with one attached hydrogen (secondary N) is 1. The fourth-order valence-electron chi connectivity index (χ4n) is 2.77. The van der Waals surface area contributed by atoms with Gasteiger partial charge in [-0.2, -0.15) is 0 Å². The Kier molecular flexibility index (Phi) is 6.02. The molecule has 1 fully saturated rings. The van der Waals surface area contributed by atoms with Crippen LogP contribution in [0.15, 0.2) is 24.3 Å². The van der Waals surface area contributed by atoms with E-state index in [1.54, 1.807) is 4.90 Å². The third-order valence-corrected chi connectivity index (χ3v) is 4.17. The minimum atomic E-state index is -0.346. The second kappa shape index (κ2) is 7.99. The minimum Gasteiger partial charge on any atom is -0.493 e. The van der Waals surface area contributed by atoms with Crippen LogP contribution in [0.2, 0.25) is 0 Å². The quantitative estimate of drug-likeness (QED) is 0.875. The summed E-state index contributed by atoms with van der Waals surface area (Å²) in [6.07, 6.45) is 0.921. The maximum absolute atomic E-state index is 12.3. The summed E-state index contributed by atoms with van der Waals surface area (Å²) in [7, 11) is 0. The maximum atomic E-state index is 12.3. The van der Waals surface area contributed by atoms with Crippen LogP contribution < -0.4 is 10.1 Å². The van der Waals surface area contributed by atoms with E-state index in [1.807, 2.05) is 31.2 Å². The van der Waals surface area contributed by atoms with Crippen LogP contribution in [0.1, 0.15) is 45.1 Å². The van der Waals surface area contributed by atoms with Crippen LogP contribution in [0.3, 0.4) is 0 Å². The van der Waals surface area contributed by atoms with Crippen molar-refractivity contribution in [2.45, 2.75) is 45.6 Å². The summed E-state index contributed by atoms with van der Waals surface area (Å²) in [6, 6.07) is 7.61. The van der Waals surface area contributed by atoms with E-state index in [-0.39, 0.29) is 24.3 Å². The van der Waals surface area contributed by atoms with E-state index in [2.05, 4.69) is 19.2 Å². The monoisotopic (exact) mass is 318 g/mol. The molecule has 1 aromatic rings. The van der Waals surface area contributed by atoms with Gasteiger partial charge in [0.1, 0.15) is 11.8 Å². The van der Waals surface area contributed by atoms with Crippen LogP contribution in [-0.4, -0.2) is 42.5 Å². The topological polar surface area (TPSA) is 58.6 Å². The standard InChI is InChI=1S/C18H26N2O3/c1-4-16-18(22)19-10-11-20(16)17(21)9-12-23-15-7-5-14(6-8-15)13(2)3/h5-8,13,16H,4,9-12H2,1-3H3,(H,19,22). The molecule has 1 N–H and O–H groups in total. The van der Waals surface area contributed by atoms with Crippen molar-refractivity contribution < 1.29 is 14.3 Å². The fourth-order valence-corrected chi connectivity index (χ4v) is 2.77. The number of hydrogen-bond donors (Lipinski definition) is 1. The molecule has 1 aliphatic rings. The van der Waals surface area contributed by atoms with Crippen molar-refractivity contribution in [2.24, 2.45) is 0 Å². The Morgan fingerprint density at radius 1 is 1.35 bits per heavy atom. The molecule has 0 spiro atoms. The van der Waals surface area contributed by atoms with Crippen LogP contribution in [-0.2, 0) is 9.59 Å². The molecule has 5 nitrogen and oxygen atoms in total. The second-order valence-electron chi connectivity index (χ2n) is 6.12. The Labute approximate surface area is 138 Å². The molecule has 1 saturated heterocycles. The molecule has 0 bridgehead atoms. The van der Waals surface area contributed by atoms with Gasteiger partial charge in [0.25, 0.3) is 0 Å². The van der Waals surface area contributed by atoms with Crippen molar-refractivity contribution in [1.29, 1.82) is 0 Å². The van der Waals surface area contributed by atoms with Gasteiger partial charge in [-0.25, -0.2) is 0 Å². The van der Waals surface area contributed by atoms with Gasteiger partial charge in [-0.15, -0.1) is 0 Å². The number of piperazine rings is 1. The highest BCUT2D eigenvalue weighted by Gasteiger charge is 2.31. The summed E-state index contributed by atoms with van der Waals surface area (Å²) in [5, 5.41) is 2.80. The molecule has 1 aliphatic heterocycles. The Balaban J connectivity index is 1.83. The van der Waals surface area contributed by atoms with Gasteiger partial charge in [0, 0.05) is 13.1 Å². The SMILES string of the molecule is CCC1C(=O)NCCN1C(=O)CCOc1ccc(C(C)C)cc1. The van der Waals surface area contributed by atoms with Crippen LogP contribution in [0, 0.1) is 0 Å². The number of ether oxygens (including phenoxy) is 1. The highest BCUT2D eigenvalue weighted by molar-refractivity contribution is 5.88. The fraction of sp³-hybridized carbons (Fsp3) is 0.556. The van der Waals surface area contributed by atoms with Gasteiger partial charge in [0.15, 0.2) is 0 Å². The first kappa shape index (κ1) is 17.3. The van der Waals surface area contributed by atoms with E-state index in [1.165, 1.54) is 5.56 Å². The third kappa shape index (κ3) is 4.47. The zero-order valence-corrected chi connectivity index (χ0v) is 14.2. The van der Waals surface area contributed by atoms with Gasteiger partial charge in [-0.05, 0) is 30.0 Å².